The molecule has 4 rings (SSSR count). The van der Waals surface area contributed by atoms with Crippen molar-refractivity contribution in [1.82, 2.24) is 5.32 Å². The zero-order valence-electron chi connectivity index (χ0n) is 23.7. The molecule has 8 nitrogen and oxygen atoms in total. The Hall–Kier alpha value is -4.73. The Morgan fingerprint density at radius 2 is 1.60 bits per heavy atom. The lowest BCUT2D eigenvalue weighted by Gasteiger charge is -2.16. The van der Waals surface area contributed by atoms with Crippen molar-refractivity contribution in [2.45, 2.75) is 17.1 Å². The van der Waals surface area contributed by atoms with Gasteiger partial charge >= 0.3 is 0 Å². The van der Waals surface area contributed by atoms with Gasteiger partial charge in [-0.25, -0.2) is 0 Å². The molecule has 0 aliphatic heterocycles. The number of carbonyl (C=O) groups is 3. The molecule has 10 heteroatoms. The van der Waals surface area contributed by atoms with Gasteiger partial charge < -0.3 is 25.4 Å². The van der Waals surface area contributed by atoms with Crippen LogP contribution in [-0.4, -0.2) is 37.2 Å². The molecule has 4 aromatic rings. The number of benzene rings is 4. The van der Waals surface area contributed by atoms with Crippen LogP contribution in [-0.2, 0) is 9.59 Å². The van der Waals surface area contributed by atoms with E-state index in [1.807, 2.05) is 6.07 Å². The smallest absolute Gasteiger partial charge is 0.272 e. The molecule has 0 saturated heterocycles. The Kier molecular flexibility index (Phi) is 10.9. The fourth-order valence-corrected chi connectivity index (χ4v) is 5.08. The minimum absolute atomic E-state index is 0.0363. The third-order valence-electron chi connectivity index (χ3n) is 6.13. The van der Waals surface area contributed by atoms with Gasteiger partial charge in [-0.05, 0) is 73.2 Å². The second kappa shape index (κ2) is 14.9. The Balaban J connectivity index is 1.48. The van der Waals surface area contributed by atoms with Crippen molar-refractivity contribution in [2.24, 2.45) is 0 Å². The summed E-state index contributed by atoms with van der Waals surface area (Å²) < 4.78 is 10.6. The van der Waals surface area contributed by atoms with Gasteiger partial charge in [0, 0.05) is 27.2 Å². The molecule has 1 unspecified atom stereocenters. The van der Waals surface area contributed by atoms with Gasteiger partial charge in [0.05, 0.1) is 25.2 Å². The lowest BCUT2D eigenvalue weighted by atomic mass is 10.1. The van der Waals surface area contributed by atoms with E-state index in [0.29, 0.717) is 39.0 Å². The van der Waals surface area contributed by atoms with Crippen LogP contribution < -0.4 is 25.4 Å². The summed E-state index contributed by atoms with van der Waals surface area (Å²) in [6.07, 6.45) is 1.56. The van der Waals surface area contributed by atoms with Crippen molar-refractivity contribution in [1.29, 1.82) is 0 Å². The second-order valence-electron chi connectivity index (χ2n) is 9.23. The first-order valence-electron chi connectivity index (χ1n) is 13.2. The monoisotopic (exact) mass is 615 g/mol. The molecular weight excluding hydrogens is 586 g/mol. The normalized spacial score (nSPS) is 11.7. The van der Waals surface area contributed by atoms with Crippen molar-refractivity contribution in [3.63, 3.8) is 0 Å². The molecule has 220 valence electrons. The third-order valence-corrected chi connectivity index (χ3v) is 7.46. The largest absolute Gasteiger partial charge is 0.497 e. The maximum atomic E-state index is 13.4. The Bertz CT molecular complexity index is 1640. The molecule has 0 aliphatic rings. The summed E-state index contributed by atoms with van der Waals surface area (Å²) in [5, 5.41) is 8.46. The van der Waals surface area contributed by atoms with Gasteiger partial charge in [-0.2, -0.15) is 0 Å². The van der Waals surface area contributed by atoms with Gasteiger partial charge in [-0.3, -0.25) is 14.4 Å². The van der Waals surface area contributed by atoms with Gasteiger partial charge in [-0.1, -0.05) is 48.0 Å². The van der Waals surface area contributed by atoms with Crippen molar-refractivity contribution in [3.05, 3.63) is 119 Å². The van der Waals surface area contributed by atoms with E-state index >= 15 is 0 Å². The van der Waals surface area contributed by atoms with Gasteiger partial charge in [0.2, 0.25) is 5.91 Å². The van der Waals surface area contributed by atoms with Gasteiger partial charge in [-0.15, -0.1) is 11.8 Å². The molecule has 0 aromatic heterocycles. The van der Waals surface area contributed by atoms with Crippen LogP contribution in [0.3, 0.4) is 0 Å². The van der Waals surface area contributed by atoms with Crippen LogP contribution in [0.1, 0.15) is 22.8 Å². The summed E-state index contributed by atoms with van der Waals surface area (Å²) in [4.78, 5) is 40.1. The summed E-state index contributed by atoms with van der Waals surface area (Å²) in [7, 11) is 3.07. The van der Waals surface area contributed by atoms with Crippen molar-refractivity contribution in [2.75, 3.05) is 24.9 Å². The maximum absolute atomic E-state index is 13.4. The number of nitrogens with one attached hydrogen (secondary N) is 3. The molecule has 0 radical (unpaired) electrons. The van der Waals surface area contributed by atoms with Crippen molar-refractivity contribution < 1.29 is 23.9 Å². The number of carbonyl (C=O) groups excluding carboxylic acids is 3. The van der Waals surface area contributed by atoms with E-state index < -0.39 is 17.1 Å². The zero-order chi connectivity index (χ0) is 30.8. The SMILES string of the molecule is COc1ccc(OC)c(NC(=O)C(C)Sc2cccc(NC(=O)/C(=C/c3cccc(Cl)c3)NC(=O)c3ccccc3)c2)c1. The Morgan fingerprint density at radius 1 is 0.837 bits per heavy atom. The highest BCUT2D eigenvalue weighted by atomic mass is 35.5. The highest BCUT2D eigenvalue weighted by molar-refractivity contribution is 8.00. The minimum Gasteiger partial charge on any atom is -0.497 e. The quantitative estimate of drug-likeness (QED) is 0.125. The van der Waals surface area contributed by atoms with Crippen LogP contribution in [0.25, 0.3) is 6.08 Å². The summed E-state index contributed by atoms with van der Waals surface area (Å²) >= 11 is 7.46. The van der Waals surface area contributed by atoms with Crippen LogP contribution in [0.4, 0.5) is 11.4 Å². The number of hydrogen-bond donors (Lipinski definition) is 3. The van der Waals surface area contributed by atoms with E-state index in [9.17, 15) is 14.4 Å². The molecule has 0 heterocycles. The molecule has 0 saturated carbocycles. The third kappa shape index (κ3) is 8.88. The average Bonchev–Trinajstić information content (AvgIpc) is 3.01. The van der Waals surface area contributed by atoms with Crippen LogP contribution in [0.15, 0.2) is 108 Å². The zero-order valence-corrected chi connectivity index (χ0v) is 25.3. The van der Waals surface area contributed by atoms with Crippen LogP contribution in [0.5, 0.6) is 11.5 Å². The fraction of sp³-hybridized carbons (Fsp3) is 0.121. The molecule has 43 heavy (non-hydrogen) atoms. The average molecular weight is 616 g/mol. The molecule has 0 bridgehead atoms. The Morgan fingerprint density at radius 3 is 2.33 bits per heavy atom. The first-order valence-corrected chi connectivity index (χ1v) is 14.5. The van der Waals surface area contributed by atoms with E-state index in [0.717, 1.165) is 4.90 Å². The van der Waals surface area contributed by atoms with E-state index in [2.05, 4.69) is 16.0 Å². The van der Waals surface area contributed by atoms with Crippen molar-refractivity contribution in [3.8, 4) is 11.5 Å². The highest BCUT2D eigenvalue weighted by Gasteiger charge is 2.19. The Labute approximate surface area is 259 Å². The number of halogens is 1. The summed E-state index contributed by atoms with van der Waals surface area (Å²) in [6.45, 7) is 1.78. The first-order chi connectivity index (χ1) is 20.7. The van der Waals surface area contributed by atoms with Gasteiger partial charge in [0.1, 0.15) is 17.2 Å². The molecule has 3 N–H and O–H groups in total. The van der Waals surface area contributed by atoms with E-state index in [1.54, 1.807) is 111 Å². The lowest BCUT2D eigenvalue weighted by molar-refractivity contribution is -0.115. The number of methoxy groups -OCH3 is 2. The predicted octanol–water partition coefficient (Wildman–Crippen LogP) is 6.89. The standard InChI is InChI=1S/C33H30ClN3O5S/c1-21(31(38)36-28-20-26(41-2)15-16-30(28)42-3)43-27-14-8-13-25(19-27)35-33(40)29(18-22-9-7-12-24(34)17-22)37-32(39)23-10-5-4-6-11-23/h4-21H,1-3H3,(H,35,40)(H,36,38)(H,37,39)/b29-18-. The number of amides is 3. The number of ether oxygens (including phenoxy) is 2. The van der Waals surface area contributed by atoms with Crippen LogP contribution in [0, 0.1) is 0 Å². The highest BCUT2D eigenvalue weighted by Crippen LogP contribution is 2.31. The van der Waals surface area contributed by atoms with Gasteiger partial charge in [0.15, 0.2) is 0 Å². The van der Waals surface area contributed by atoms with E-state index in [4.69, 9.17) is 21.1 Å². The molecule has 0 fully saturated rings. The van der Waals surface area contributed by atoms with E-state index in [1.165, 1.54) is 18.9 Å². The predicted molar refractivity (Wildman–Crippen MR) is 172 cm³/mol. The molecule has 1 atom stereocenters. The molecular formula is C33H30ClN3O5S. The minimum atomic E-state index is -0.526. The summed E-state index contributed by atoms with van der Waals surface area (Å²) in [6, 6.07) is 27.8. The molecule has 4 aromatic carbocycles. The second-order valence-corrected chi connectivity index (χ2v) is 11.1. The van der Waals surface area contributed by atoms with Crippen LogP contribution in [0.2, 0.25) is 5.02 Å². The summed E-state index contributed by atoms with van der Waals surface area (Å²) in [5.41, 5.74) is 2.07. The van der Waals surface area contributed by atoms with E-state index in [-0.39, 0.29) is 11.6 Å². The fourth-order valence-electron chi connectivity index (χ4n) is 3.95. The molecule has 3 amide bonds. The lowest BCUT2D eigenvalue weighted by Crippen LogP contribution is -2.30. The topological polar surface area (TPSA) is 106 Å². The maximum Gasteiger partial charge on any atom is 0.272 e. The first kappa shape index (κ1) is 31.2. The molecule has 0 spiro atoms. The number of thioether (sulfide) groups is 1. The number of hydrogen-bond acceptors (Lipinski definition) is 6. The molecule has 0 aliphatic carbocycles. The number of rotatable bonds is 11. The number of anilines is 2. The summed E-state index contributed by atoms with van der Waals surface area (Å²) in [5.74, 6) is -0.0925. The van der Waals surface area contributed by atoms with Gasteiger partial charge in [0.25, 0.3) is 11.8 Å². The van der Waals surface area contributed by atoms with Crippen molar-refractivity contribution >= 4 is 58.5 Å². The van der Waals surface area contributed by atoms with Crippen LogP contribution >= 0.6 is 23.4 Å².